The van der Waals surface area contributed by atoms with Crippen LogP contribution in [0.5, 0.6) is 11.5 Å². The molecule has 2 heterocycles. The second kappa shape index (κ2) is 7.57. The Balaban J connectivity index is 1.71. The number of aromatic nitrogens is 3. The highest BCUT2D eigenvalue weighted by Crippen LogP contribution is 2.31. The van der Waals surface area contributed by atoms with Crippen LogP contribution in [0.25, 0.3) is 22.4 Å². The van der Waals surface area contributed by atoms with Crippen LogP contribution in [0, 0.1) is 0 Å². The van der Waals surface area contributed by atoms with Crippen LogP contribution < -0.4 is 19.6 Å². The van der Waals surface area contributed by atoms with Gasteiger partial charge in [-0.3, -0.25) is 4.79 Å². The molecule has 0 bridgehead atoms. The average Bonchev–Trinajstić information content (AvgIpc) is 3.27. The van der Waals surface area contributed by atoms with Crippen molar-refractivity contribution in [1.29, 1.82) is 0 Å². The molecule has 0 atom stereocenters. The highest BCUT2D eigenvalue weighted by molar-refractivity contribution is 7.15. The van der Waals surface area contributed by atoms with Crippen molar-refractivity contribution in [1.82, 2.24) is 14.6 Å². The SMILES string of the molecule is COc1ccc(-c2nc3s/c(=C/c4ccc(C(C)(C)C)cc4)c(=O)n3n2)cc1OC. The first-order valence-electron chi connectivity index (χ1n) is 9.54. The molecule has 0 spiro atoms. The Kier molecular flexibility index (Phi) is 5.07. The van der Waals surface area contributed by atoms with Gasteiger partial charge in [0.25, 0.3) is 5.56 Å². The Morgan fingerprint density at radius 3 is 2.30 bits per heavy atom. The molecule has 30 heavy (non-hydrogen) atoms. The normalized spacial score (nSPS) is 12.5. The zero-order chi connectivity index (χ0) is 21.5. The van der Waals surface area contributed by atoms with E-state index in [1.54, 1.807) is 26.4 Å². The molecule has 0 saturated heterocycles. The van der Waals surface area contributed by atoms with Crippen LogP contribution in [-0.4, -0.2) is 28.8 Å². The standard InChI is InChI=1S/C23H23N3O3S/c1-23(2,3)16-9-6-14(7-10-16)12-19-21(27)26-22(30-19)24-20(25-26)15-8-11-17(28-4)18(13-15)29-5/h6-13H,1-5H3/b19-12+. The molecule has 0 unspecified atom stereocenters. The molecule has 0 aliphatic rings. The number of hydrogen-bond acceptors (Lipinski definition) is 6. The minimum absolute atomic E-state index is 0.0936. The van der Waals surface area contributed by atoms with Gasteiger partial charge in [0.1, 0.15) is 0 Å². The lowest BCUT2D eigenvalue weighted by Gasteiger charge is -2.18. The number of thiazole rings is 1. The van der Waals surface area contributed by atoms with Gasteiger partial charge in [-0.2, -0.15) is 9.50 Å². The van der Waals surface area contributed by atoms with Crippen molar-refractivity contribution in [2.75, 3.05) is 14.2 Å². The van der Waals surface area contributed by atoms with Crippen LogP contribution in [-0.2, 0) is 5.41 Å². The number of fused-ring (bicyclic) bond motifs is 1. The highest BCUT2D eigenvalue weighted by Gasteiger charge is 2.15. The molecule has 7 heteroatoms. The smallest absolute Gasteiger partial charge is 0.291 e. The van der Waals surface area contributed by atoms with Crippen molar-refractivity contribution < 1.29 is 9.47 Å². The van der Waals surface area contributed by atoms with Gasteiger partial charge in [0.05, 0.1) is 18.8 Å². The average molecular weight is 422 g/mol. The van der Waals surface area contributed by atoms with Crippen LogP contribution in [0.4, 0.5) is 0 Å². The van der Waals surface area contributed by atoms with E-state index in [4.69, 9.17) is 9.47 Å². The summed E-state index contributed by atoms with van der Waals surface area (Å²) >= 11 is 1.33. The van der Waals surface area contributed by atoms with Crippen LogP contribution in [0.2, 0.25) is 0 Å². The third-order valence-electron chi connectivity index (χ3n) is 4.90. The fourth-order valence-electron chi connectivity index (χ4n) is 3.16. The first-order valence-corrected chi connectivity index (χ1v) is 10.4. The maximum Gasteiger partial charge on any atom is 0.291 e. The summed E-state index contributed by atoms with van der Waals surface area (Å²) in [6.07, 6.45) is 1.88. The Morgan fingerprint density at radius 1 is 1.00 bits per heavy atom. The summed E-state index contributed by atoms with van der Waals surface area (Å²) in [6.45, 7) is 6.53. The molecule has 0 fully saturated rings. The Morgan fingerprint density at radius 2 is 1.70 bits per heavy atom. The van der Waals surface area contributed by atoms with E-state index in [2.05, 4.69) is 43.0 Å². The topological polar surface area (TPSA) is 65.7 Å². The summed E-state index contributed by atoms with van der Waals surface area (Å²) in [5, 5.41) is 4.41. The van der Waals surface area contributed by atoms with E-state index in [1.165, 1.54) is 21.4 Å². The maximum absolute atomic E-state index is 12.8. The molecule has 2 aromatic carbocycles. The molecule has 0 aliphatic carbocycles. The van der Waals surface area contributed by atoms with Crippen molar-refractivity contribution in [2.24, 2.45) is 0 Å². The summed E-state index contributed by atoms with van der Waals surface area (Å²) < 4.78 is 12.6. The zero-order valence-electron chi connectivity index (χ0n) is 17.6. The maximum atomic E-state index is 12.8. The molecule has 2 aromatic heterocycles. The predicted molar refractivity (Wildman–Crippen MR) is 120 cm³/mol. The quantitative estimate of drug-likeness (QED) is 0.503. The molecule has 0 saturated carbocycles. The molecule has 0 aliphatic heterocycles. The molecule has 6 nitrogen and oxygen atoms in total. The third kappa shape index (κ3) is 3.68. The minimum Gasteiger partial charge on any atom is -0.493 e. The first kappa shape index (κ1) is 20.1. The highest BCUT2D eigenvalue weighted by atomic mass is 32.1. The summed E-state index contributed by atoms with van der Waals surface area (Å²) in [6, 6.07) is 13.7. The van der Waals surface area contributed by atoms with E-state index >= 15 is 0 Å². The lowest BCUT2D eigenvalue weighted by molar-refractivity contribution is 0.355. The first-order chi connectivity index (χ1) is 14.3. The number of methoxy groups -OCH3 is 2. The van der Waals surface area contributed by atoms with Gasteiger partial charge in [0, 0.05) is 5.56 Å². The molecule has 0 N–H and O–H groups in total. The number of rotatable bonds is 4. The Labute approximate surface area is 178 Å². The second-order valence-corrected chi connectivity index (χ2v) is 9.00. The van der Waals surface area contributed by atoms with Crippen LogP contribution in [0.1, 0.15) is 31.9 Å². The van der Waals surface area contributed by atoms with Crippen LogP contribution in [0.3, 0.4) is 0 Å². The molecule has 4 aromatic rings. The Hall–Kier alpha value is -3.19. The van der Waals surface area contributed by atoms with E-state index in [-0.39, 0.29) is 11.0 Å². The molecule has 0 radical (unpaired) electrons. The monoisotopic (exact) mass is 421 g/mol. The third-order valence-corrected chi connectivity index (χ3v) is 5.86. The fraction of sp³-hybridized carbons (Fsp3) is 0.261. The van der Waals surface area contributed by atoms with E-state index in [0.29, 0.717) is 26.8 Å². The van der Waals surface area contributed by atoms with E-state index in [9.17, 15) is 4.79 Å². The molecular weight excluding hydrogens is 398 g/mol. The summed E-state index contributed by atoms with van der Waals surface area (Å²) in [5.41, 5.74) is 2.91. The Bertz CT molecular complexity index is 1310. The number of benzene rings is 2. The van der Waals surface area contributed by atoms with Crippen molar-refractivity contribution in [3.8, 4) is 22.9 Å². The van der Waals surface area contributed by atoms with Gasteiger partial charge in [0.2, 0.25) is 4.96 Å². The summed E-state index contributed by atoms with van der Waals surface area (Å²) in [4.78, 5) is 17.9. The number of hydrogen-bond donors (Lipinski definition) is 0. The van der Waals surface area contributed by atoms with Crippen LogP contribution >= 0.6 is 11.3 Å². The number of ether oxygens (including phenoxy) is 2. The summed E-state index contributed by atoms with van der Waals surface area (Å²) in [7, 11) is 3.16. The largest absolute Gasteiger partial charge is 0.493 e. The zero-order valence-corrected chi connectivity index (χ0v) is 18.4. The van der Waals surface area contributed by atoms with Crippen molar-refractivity contribution in [3.05, 3.63) is 68.5 Å². The van der Waals surface area contributed by atoms with E-state index < -0.39 is 0 Å². The van der Waals surface area contributed by atoms with Gasteiger partial charge >= 0.3 is 0 Å². The lowest BCUT2D eigenvalue weighted by atomic mass is 9.87. The van der Waals surface area contributed by atoms with Crippen molar-refractivity contribution >= 4 is 22.4 Å². The lowest BCUT2D eigenvalue weighted by Crippen LogP contribution is -2.23. The number of nitrogens with zero attached hydrogens (tertiary/aromatic N) is 3. The second-order valence-electron chi connectivity index (χ2n) is 7.99. The molecular formula is C23H23N3O3S. The fourth-order valence-corrected chi connectivity index (χ4v) is 4.07. The predicted octanol–water partition coefficient (Wildman–Crippen LogP) is 3.68. The van der Waals surface area contributed by atoms with Gasteiger partial charge in [-0.15, -0.1) is 5.10 Å². The van der Waals surface area contributed by atoms with Gasteiger partial charge in [-0.25, -0.2) is 0 Å². The molecule has 4 rings (SSSR count). The van der Waals surface area contributed by atoms with Gasteiger partial charge < -0.3 is 9.47 Å². The van der Waals surface area contributed by atoms with Gasteiger partial charge in [-0.05, 0) is 40.8 Å². The van der Waals surface area contributed by atoms with Crippen LogP contribution in [0.15, 0.2) is 47.3 Å². The van der Waals surface area contributed by atoms with E-state index in [0.717, 1.165) is 11.1 Å². The minimum atomic E-state index is -0.172. The molecule has 154 valence electrons. The van der Waals surface area contributed by atoms with Gasteiger partial charge in [0.15, 0.2) is 17.3 Å². The van der Waals surface area contributed by atoms with E-state index in [1.807, 2.05) is 24.3 Å². The van der Waals surface area contributed by atoms with Crippen molar-refractivity contribution in [3.63, 3.8) is 0 Å². The van der Waals surface area contributed by atoms with Gasteiger partial charge in [-0.1, -0.05) is 56.4 Å². The van der Waals surface area contributed by atoms with Crippen molar-refractivity contribution in [2.45, 2.75) is 26.2 Å². The molecule has 0 amide bonds. The summed E-state index contributed by atoms with van der Waals surface area (Å²) in [5.74, 6) is 1.68.